The van der Waals surface area contributed by atoms with Crippen molar-refractivity contribution in [1.29, 1.82) is 0 Å². The minimum atomic E-state index is -0.593. The Balaban J connectivity index is 1.27. The Hall–Kier alpha value is -3.55. The fourth-order valence-electron chi connectivity index (χ4n) is 5.09. The third kappa shape index (κ3) is 4.97. The van der Waals surface area contributed by atoms with Gasteiger partial charge < -0.3 is 24.6 Å². The number of rotatable bonds is 5. The minimum Gasteiger partial charge on any atom is -0.454 e. The van der Waals surface area contributed by atoms with Crippen LogP contribution >= 0.6 is 0 Å². The monoisotopic (exact) mass is 477 g/mol. The summed E-state index contributed by atoms with van der Waals surface area (Å²) >= 11 is 0. The van der Waals surface area contributed by atoms with Crippen LogP contribution in [-0.4, -0.2) is 66.5 Å². The number of fused-ring (bicyclic) bond motifs is 1. The molecule has 3 amide bonds. The Morgan fingerprint density at radius 2 is 1.51 bits per heavy atom. The van der Waals surface area contributed by atoms with E-state index in [1.165, 1.54) is 0 Å². The number of carbonyl (C=O) groups is 3. The summed E-state index contributed by atoms with van der Waals surface area (Å²) in [4.78, 5) is 43.2. The van der Waals surface area contributed by atoms with Gasteiger partial charge in [-0.3, -0.25) is 14.4 Å². The van der Waals surface area contributed by atoms with Gasteiger partial charge >= 0.3 is 0 Å². The lowest BCUT2D eigenvalue weighted by molar-refractivity contribution is -0.134. The maximum atomic E-state index is 13.4. The molecule has 0 unspecified atom stereocenters. The van der Waals surface area contributed by atoms with E-state index in [0.29, 0.717) is 48.6 Å². The summed E-state index contributed by atoms with van der Waals surface area (Å²) in [6, 6.07) is 12.0. The molecule has 8 heteroatoms. The third-order valence-electron chi connectivity index (χ3n) is 7.20. The van der Waals surface area contributed by atoms with Crippen molar-refractivity contribution in [3.8, 4) is 11.5 Å². The van der Waals surface area contributed by atoms with E-state index >= 15 is 0 Å². The van der Waals surface area contributed by atoms with Crippen LogP contribution in [0, 0.1) is 12.8 Å². The lowest BCUT2D eigenvalue weighted by atomic mass is 9.88. The predicted octanol–water partition coefficient (Wildman–Crippen LogP) is 3.00. The summed E-state index contributed by atoms with van der Waals surface area (Å²) in [5, 5.41) is 3.04. The first-order chi connectivity index (χ1) is 17.0. The molecular formula is C27H31N3O5. The zero-order valence-electron chi connectivity index (χ0n) is 20.0. The van der Waals surface area contributed by atoms with Crippen LogP contribution in [0.1, 0.15) is 52.0 Å². The van der Waals surface area contributed by atoms with E-state index in [1.54, 1.807) is 30.3 Å². The molecule has 0 aromatic heterocycles. The highest BCUT2D eigenvalue weighted by molar-refractivity contribution is 5.98. The number of hydrogen-bond acceptors (Lipinski definition) is 5. The van der Waals surface area contributed by atoms with Gasteiger partial charge in [-0.2, -0.15) is 0 Å². The van der Waals surface area contributed by atoms with Crippen molar-refractivity contribution in [1.82, 2.24) is 15.1 Å². The van der Waals surface area contributed by atoms with Gasteiger partial charge in [-0.1, -0.05) is 17.7 Å². The molecule has 1 atom stereocenters. The highest BCUT2D eigenvalue weighted by atomic mass is 16.7. The van der Waals surface area contributed by atoms with Crippen LogP contribution in [0.3, 0.4) is 0 Å². The van der Waals surface area contributed by atoms with Crippen molar-refractivity contribution in [3.63, 3.8) is 0 Å². The fourth-order valence-corrected chi connectivity index (χ4v) is 5.09. The van der Waals surface area contributed by atoms with Crippen molar-refractivity contribution in [2.45, 2.75) is 38.6 Å². The summed E-state index contributed by atoms with van der Waals surface area (Å²) in [6.07, 6.45) is 3.28. The summed E-state index contributed by atoms with van der Waals surface area (Å²) in [5.74, 6) is 0.893. The summed E-state index contributed by atoms with van der Waals surface area (Å²) in [7, 11) is 0. The van der Waals surface area contributed by atoms with E-state index in [9.17, 15) is 14.4 Å². The topological polar surface area (TPSA) is 88.2 Å². The Morgan fingerprint density at radius 1 is 0.857 bits per heavy atom. The highest BCUT2D eigenvalue weighted by Crippen LogP contribution is 2.33. The van der Waals surface area contributed by atoms with E-state index in [2.05, 4.69) is 5.32 Å². The maximum absolute atomic E-state index is 13.4. The van der Waals surface area contributed by atoms with Gasteiger partial charge in [0.1, 0.15) is 6.04 Å². The summed E-state index contributed by atoms with van der Waals surface area (Å²) in [5.41, 5.74) is 2.18. The molecule has 5 rings (SSSR count). The number of carbonyl (C=O) groups excluding carboxylic acids is 3. The minimum absolute atomic E-state index is 0.0106. The number of piperidine rings is 1. The van der Waals surface area contributed by atoms with Crippen molar-refractivity contribution in [2.24, 2.45) is 5.92 Å². The molecule has 0 bridgehead atoms. The second-order valence-electron chi connectivity index (χ2n) is 9.55. The number of nitrogens with one attached hydrogen (secondary N) is 1. The quantitative estimate of drug-likeness (QED) is 0.715. The molecule has 2 saturated heterocycles. The van der Waals surface area contributed by atoms with E-state index in [0.717, 1.165) is 31.5 Å². The molecule has 35 heavy (non-hydrogen) atoms. The number of likely N-dealkylation sites (tertiary alicyclic amines) is 2. The SMILES string of the molecule is Cc1ccc(C(=O)N[C@@H](C(=O)N2CCCC2)C2CCN(C(=O)c3ccc4c(c3)OCO4)CC2)cc1. The molecule has 2 aromatic carbocycles. The lowest BCUT2D eigenvalue weighted by Crippen LogP contribution is -2.54. The molecule has 3 heterocycles. The van der Waals surface area contributed by atoms with E-state index < -0.39 is 6.04 Å². The van der Waals surface area contributed by atoms with Gasteiger partial charge in [0.05, 0.1) is 0 Å². The molecule has 2 aromatic rings. The van der Waals surface area contributed by atoms with Crippen molar-refractivity contribution < 1.29 is 23.9 Å². The van der Waals surface area contributed by atoms with Gasteiger partial charge in [0.25, 0.3) is 11.8 Å². The molecule has 0 spiro atoms. The molecular weight excluding hydrogens is 446 g/mol. The van der Waals surface area contributed by atoms with Gasteiger partial charge in [0.15, 0.2) is 11.5 Å². The highest BCUT2D eigenvalue weighted by Gasteiger charge is 2.37. The summed E-state index contributed by atoms with van der Waals surface area (Å²) < 4.78 is 10.7. The van der Waals surface area contributed by atoms with Crippen molar-refractivity contribution in [2.75, 3.05) is 33.0 Å². The molecule has 3 aliphatic heterocycles. The number of nitrogens with zero attached hydrogens (tertiary/aromatic N) is 2. The third-order valence-corrected chi connectivity index (χ3v) is 7.20. The number of benzene rings is 2. The second-order valence-corrected chi connectivity index (χ2v) is 9.55. The Morgan fingerprint density at radius 3 is 2.23 bits per heavy atom. The Kier molecular flexibility index (Phi) is 6.61. The van der Waals surface area contributed by atoms with Crippen LogP contribution in [0.4, 0.5) is 0 Å². The predicted molar refractivity (Wildman–Crippen MR) is 129 cm³/mol. The first-order valence-corrected chi connectivity index (χ1v) is 12.3. The van der Waals surface area contributed by atoms with Crippen molar-refractivity contribution >= 4 is 17.7 Å². The first kappa shape index (κ1) is 23.2. The zero-order chi connectivity index (χ0) is 24.4. The fraction of sp³-hybridized carbons (Fsp3) is 0.444. The average molecular weight is 478 g/mol. The zero-order valence-corrected chi connectivity index (χ0v) is 20.0. The maximum Gasteiger partial charge on any atom is 0.253 e. The van der Waals surface area contributed by atoms with Crippen LogP contribution in [0.2, 0.25) is 0 Å². The van der Waals surface area contributed by atoms with Crippen LogP contribution < -0.4 is 14.8 Å². The average Bonchev–Trinajstić information content (AvgIpc) is 3.59. The molecule has 2 fully saturated rings. The molecule has 8 nitrogen and oxygen atoms in total. The molecule has 184 valence electrons. The number of hydrogen-bond donors (Lipinski definition) is 1. The second kappa shape index (κ2) is 9.98. The largest absolute Gasteiger partial charge is 0.454 e. The van der Waals surface area contributed by atoms with Gasteiger partial charge in [0, 0.05) is 37.3 Å². The molecule has 1 N–H and O–H groups in total. The van der Waals surface area contributed by atoms with Gasteiger partial charge in [-0.15, -0.1) is 0 Å². The van der Waals surface area contributed by atoms with Crippen LogP contribution in [0.5, 0.6) is 11.5 Å². The molecule has 0 radical (unpaired) electrons. The van der Waals surface area contributed by atoms with Crippen molar-refractivity contribution in [3.05, 3.63) is 59.2 Å². The van der Waals surface area contributed by atoms with Crippen LogP contribution in [0.15, 0.2) is 42.5 Å². The normalized spacial score (nSPS) is 18.4. The standard InChI is InChI=1S/C27H31N3O5/c1-18-4-6-20(7-5-18)25(31)28-24(27(33)29-12-2-3-13-29)19-10-14-30(15-11-19)26(32)21-8-9-22-23(16-21)35-17-34-22/h4-9,16,19,24H,2-3,10-15,17H2,1H3,(H,28,31)/t24-/m1/s1. The van der Waals surface area contributed by atoms with E-state index in [1.807, 2.05) is 28.9 Å². The smallest absolute Gasteiger partial charge is 0.253 e. The van der Waals surface area contributed by atoms with E-state index in [4.69, 9.17) is 9.47 Å². The molecule has 0 saturated carbocycles. The van der Waals surface area contributed by atoms with Crippen LogP contribution in [0.25, 0.3) is 0 Å². The van der Waals surface area contributed by atoms with Gasteiger partial charge in [-0.25, -0.2) is 0 Å². The van der Waals surface area contributed by atoms with E-state index in [-0.39, 0.29) is 30.4 Å². The molecule has 3 aliphatic rings. The number of ether oxygens (including phenoxy) is 2. The summed E-state index contributed by atoms with van der Waals surface area (Å²) in [6.45, 7) is 4.66. The Bertz CT molecular complexity index is 1100. The number of amides is 3. The lowest BCUT2D eigenvalue weighted by Gasteiger charge is -2.37. The number of aryl methyl sites for hydroxylation is 1. The van der Waals surface area contributed by atoms with Crippen LogP contribution in [-0.2, 0) is 4.79 Å². The first-order valence-electron chi connectivity index (χ1n) is 12.3. The van der Waals surface area contributed by atoms with Gasteiger partial charge in [0.2, 0.25) is 12.7 Å². The molecule has 0 aliphatic carbocycles. The Labute approximate surface area is 205 Å². The van der Waals surface area contributed by atoms with Gasteiger partial charge in [-0.05, 0) is 68.9 Å².